The van der Waals surface area contributed by atoms with Gasteiger partial charge >= 0.3 is 0 Å². The number of aliphatic hydroxyl groups is 1. The predicted molar refractivity (Wildman–Crippen MR) is 148 cm³/mol. The Bertz CT molecular complexity index is 887. The van der Waals surface area contributed by atoms with Gasteiger partial charge in [0.1, 0.15) is 11.9 Å². The van der Waals surface area contributed by atoms with Gasteiger partial charge in [-0.05, 0) is 78.0 Å². The molecule has 0 radical (unpaired) electrons. The van der Waals surface area contributed by atoms with Crippen molar-refractivity contribution in [2.24, 2.45) is 11.8 Å². The number of hydrogen-bond donors (Lipinski definition) is 2. The zero-order valence-corrected chi connectivity index (χ0v) is 23.5. The van der Waals surface area contributed by atoms with Gasteiger partial charge in [-0.2, -0.15) is 0 Å². The fraction of sp³-hybridized carbons (Fsp3) is 0.724. The molecule has 1 aromatic carbocycles. The average molecular weight is 517 g/mol. The van der Waals surface area contributed by atoms with Crippen LogP contribution in [0, 0.1) is 11.8 Å². The molecule has 37 heavy (non-hydrogen) atoms. The Balaban J connectivity index is 1.78. The van der Waals surface area contributed by atoms with Crippen molar-refractivity contribution in [1.82, 2.24) is 14.7 Å². The van der Waals surface area contributed by atoms with E-state index in [1.807, 2.05) is 27.1 Å². The summed E-state index contributed by atoms with van der Waals surface area (Å²) < 4.78 is 6.52. The van der Waals surface area contributed by atoms with Crippen LogP contribution in [0.25, 0.3) is 0 Å². The molecule has 208 valence electrons. The third kappa shape index (κ3) is 8.69. The lowest BCUT2D eigenvalue weighted by Gasteiger charge is -2.38. The number of carbonyl (C=O) groups excluding carboxylic acids is 2. The van der Waals surface area contributed by atoms with E-state index in [4.69, 9.17) is 4.74 Å². The van der Waals surface area contributed by atoms with E-state index in [1.165, 1.54) is 32.1 Å². The van der Waals surface area contributed by atoms with Crippen LogP contribution in [-0.4, -0.2) is 97.7 Å². The minimum atomic E-state index is -0.314. The SMILES string of the molecule is C[C@@H]1CN([C@H](C)CO)C(=O)c2cc(NC(=O)CCCN(C)C)ccc2O[C@H]1CN(C)CC1CCCCC1. The van der Waals surface area contributed by atoms with Gasteiger partial charge in [-0.15, -0.1) is 0 Å². The molecule has 0 unspecified atom stereocenters. The zero-order chi connectivity index (χ0) is 26.9. The van der Waals surface area contributed by atoms with Crippen LogP contribution in [0.1, 0.15) is 69.2 Å². The van der Waals surface area contributed by atoms with Crippen molar-refractivity contribution in [3.63, 3.8) is 0 Å². The predicted octanol–water partition coefficient (Wildman–Crippen LogP) is 3.70. The molecule has 0 aromatic heterocycles. The molecule has 2 amide bonds. The van der Waals surface area contributed by atoms with Crippen molar-refractivity contribution in [2.45, 2.75) is 70.9 Å². The first-order chi connectivity index (χ1) is 17.7. The van der Waals surface area contributed by atoms with Crippen molar-refractivity contribution in [2.75, 3.05) is 59.2 Å². The van der Waals surface area contributed by atoms with E-state index in [2.05, 4.69) is 29.1 Å². The topological polar surface area (TPSA) is 85.3 Å². The minimum Gasteiger partial charge on any atom is -0.488 e. The van der Waals surface area contributed by atoms with Crippen molar-refractivity contribution in [3.8, 4) is 5.75 Å². The molecule has 2 N–H and O–H groups in total. The molecule has 2 aliphatic rings. The summed E-state index contributed by atoms with van der Waals surface area (Å²) in [5.41, 5.74) is 1.01. The van der Waals surface area contributed by atoms with Gasteiger partial charge in [-0.3, -0.25) is 9.59 Å². The maximum atomic E-state index is 13.6. The molecular formula is C29H48N4O4. The van der Waals surface area contributed by atoms with Crippen LogP contribution in [0.3, 0.4) is 0 Å². The van der Waals surface area contributed by atoms with Gasteiger partial charge in [0.25, 0.3) is 5.91 Å². The molecule has 1 aromatic rings. The number of carbonyl (C=O) groups is 2. The second kappa shape index (κ2) is 14.1. The number of rotatable bonds is 11. The molecule has 3 rings (SSSR count). The standard InChI is InChI=1S/C29H48N4O4/c1-21-17-33(22(2)20-34)29(36)25-16-24(30-28(35)12-9-15-31(3)4)13-14-26(25)37-27(21)19-32(5)18-23-10-7-6-8-11-23/h13-14,16,21-23,27,34H,6-12,15,17-20H2,1-5H3,(H,30,35)/t21-,22-,27+/m1/s1. The van der Waals surface area contributed by atoms with Crippen LogP contribution >= 0.6 is 0 Å². The highest BCUT2D eigenvalue weighted by atomic mass is 16.5. The summed E-state index contributed by atoms with van der Waals surface area (Å²) in [6.07, 6.45) is 7.69. The minimum absolute atomic E-state index is 0.0718. The molecule has 0 spiro atoms. The first-order valence-corrected chi connectivity index (χ1v) is 14.0. The molecule has 1 aliphatic heterocycles. The van der Waals surface area contributed by atoms with E-state index >= 15 is 0 Å². The van der Waals surface area contributed by atoms with E-state index in [0.717, 1.165) is 32.0 Å². The highest BCUT2D eigenvalue weighted by Gasteiger charge is 2.34. The first kappa shape index (κ1) is 29.4. The van der Waals surface area contributed by atoms with Gasteiger partial charge in [0, 0.05) is 37.7 Å². The molecule has 1 saturated carbocycles. The number of fused-ring (bicyclic) bond motifs is 1. The highest BCUT2D eigenvalue weighted by molar-refractivity contribution is 5.99. The van der Waals surface area contributed by atoms with E-state index in [0.29, 0.717) is 30.0 Å². The zero-order valence-electron chi connectivity index (χ0n) is 23.5. The third-order valence-corrected chi connectivity index (χ3v) is 7.74. The van der Waals surface area contributed by atoms with E-state index in [9.17, 15) is 14.7 Å². The number of benzene rings is 1. The van der Waals surface area contributed by atoms with Crippen LogP contribution in [0.2, 0.25) is 0 Å². The molecule has 1 fully saturated rings. The van der Waals surface area contributed by atoms with Crippen molar-refractivity contribution in [1.29, 1.82) is 0 Å². The van der Waals surface area contributed by atoms with Gasteiger partial charge in [0.05, 0.1) is 18.2 Å². The van der Waals surface area contributed by atoms with Crippen LogP contribution in [-0.2, 0) is 4.79 Å². The van der Waals surface area contributed by atoms with Crippen LogP contribution in [0.5, 0.6) is 5.75 Å². The lowest BCUT2D eigenvalue weighted by molar-refractivity contribution is -0.116. The fourth-order valence-corrected chi connectivity index (χ4v) is 5.49. The summed E-state index contributed by atoms with van der Waals surface area (Å²) in [6.45, 7) is 7.06. The largest absolute Gasteiger partial charge is 0.488 e. The van der Waals surface area contributed by atoms with Gasteiger partial charge in [-0.25, -0.2) is 0 Å². The third-order valence-electron chi connectivity index (χ3n) is 7.74. The highest BCUT2D eigenvalue weighted by Crippen LogP contribution is 2.31. The van der Waals surface area contributed by atoms with Crippen molar-refractivity contribution >= 4 is 17.5 Å². The Morgan fingerprint density at radius 3 is 2.59 bits per heavy atom. The molecule has 8 heteroatoms. The van der Waals surface area contributed by atoms with Gasteiger partial charge in [0.15, 0.2) is 0 Å². The fourth-order valence-electron chi connectivity index (χ4n) is 5.49. The Kier molecular flexibility index (Phi) is 11.2. The molecule has 0 bridgehead atoms. The number of nitrogens with one attached hydrogen (secondary N) is 1. The maximum Gasteiger partial charge on any atom is 0.258 e. The quantitative estimate of drug-likeness (QED) is 0.467. The van der Waals surface area contributed by atoms with Crippen LogP contribution < -0.4 is 10.1 Å². The number of anilines is 1. The second-order valence-corrected chi connectivity index (χ2v) is 11.5. The van der Waals surface area contributed by atoms with Crippen LogP contribution in [0.4, 0.5) is 5.69 Å². The number of nitrogens with zero attached hydrogens (tertiary/aromatic N) is 3. The second-order valence-electron chi connectivity index (χ2n) is 11.5. The van der Waals surface area contributed by atoms with Gasteiger partial charge in [0.2, 0.25) is 5.91 Å². The van der Waals surface area contributed by atoms with Crippen molar-refractivity contribution < 1.29 is 19.4 Å². The number of hydrogen-bond acceptors (Lipinski definition) is 6. The van der Waals surface area contributed by atoms with Gasteiger partial charge < -0.3 is 29.9 Å². The normalized spacial score (nSPS) is 21.8. The Morgan fingerprint density at radius 1 is 1.19 bits per heavy atom. The summed E-state index contributed by atoms with van der Waals surface area (Å²) in [5, 5.41) is 12.8. The summed E-state index contributed by atoms with van der Waals surface area (Å²) in [4.78, 5) is 32.3. The summed E-state index contributed by atoms with van der Waals surface area (Å²) >= 11 is 0. The molecule has 1 heterocycles. The lowest BCUT2D eigenvalue weighted by atomic mass is 9.89. The van der Waals surface area contributed by atoms with E-state index in [1.54, 1.807) is 17.0 Å². The number of aliphatic hydroxyl groups excluding tert-OH is 1. The lowest BCUT2D eigenvalue weighted by Crippen LogP contribution is -2.50. The summed E-state index contributed by atoms with van der Waals surface area (Å²) in [7, 11) is 6.14. The molecule has 1 aliphatic carbocycles. The first-order valence-electron chi connectivity index (χ1n) is 14.0. The Hall–Kier alpha value is -2.16. The van der Waals surface area contributed by atoms with E-state index in [-0.39, 0.29) is 36.5 Å². The average Bonchev–Trinajstić information content (AvgIpc) is 2.86. The Labute approximate surface area is 223 Å². The Morgan fingerprint density at radius 2 is 1.92 bits per heavy atom. The maximum absolute atomic E-state index is 13.6. The van der Waals surface area contributed by atoms with Gasteiger partial charge in [-0.1, -0.05) is 26.2 Å². The summed E-state index contributed by atoms with van der Waals surface area (Å²) in [5.74, 6) is 1.12. The number of amides is 2. The monoisotopic (exact) mass is 516 g/mol. The molecular weight excluding hydrogens is 468 g/mol. The molecule has 3 atom stereocenters. The molecule has 0 saturated heterocycles. The number of likely N-dealkylation sites (N-methyl/N-ethyl adjacent to an activating group) is 1. The summed E-state index contributed by atoms with van der Waals surface area (Å²) in [6, 6.07) is 5.02. The smallest absolute Gasteiger partial charge is 0.258 e. The van der Waals surface area contributed by atoms with Crippen LogP contribution in [0.15, 0.2) is 18.2 Å². The van der Waals surface area contributed by atoms with Crippen molar-refractivity contribution in [3.05, 3.63) is 23.8 Å². The molecule has 8 nitrogen and oxygen atoms in total. The van der Waals surface area contributed by atoms with E-state index < -0.39 is 0 Å². The number of ether oxygens (including phenoxy) is 1.